The Kier molecular flexibility index (Phi) is 7.84. The van der Waals surface area contributed by atoms with E-state index in [-0.39, 0.29) is 44.2 Å². The van der Waals surface area contributed by atoms with E-state index in [1.54, 1.807) is 12.1 Å². The molecular formula is C62H58N4OPt. The maximum atomic E-state index is 9.33. The summed E-state index contributed by atoms with van der Waals surface area (Å²) in [7, 11) is 0. The molecule has 5 nitrogen and oxygen atoms in total. The van der Waals surface area contributed by atoms with Gasteiger partial charge in [0, 0.05) is 6.20 Å². The van der Waals surface area contributed by atoms with Crippen molar-refractivity contribution in [2.75, 3.05) is 0 Å². The molecule has 7 aromatic carbocycles. The van der Waals surface area contributed by atoms with Gasteiger partial charge in [0.2, 0.25) is 0 Å². The van der Waals surface area contributed by atoms with Gasteiger partial charge >= 0.3 is 333 Å². The summed E-state index contributed by atoms with van der Waals surface area (Å²) in [4.78, 5) is 4.92. The molecule has 0 radical (unpaired) electrons. The van der Waals surface area contributed by atoms with Crippen LogP contribution in [0.3, 0.4) is 0 Å². The Morgan fingerprint density at radius 1 is 0.574 bits per heavy atom. The Hall–Kier alpha value is -6.55. The Bertz CT molecular complexity index is 4160. The van der Waals surface area contributed by atoms with Gasteiger partial charge in [-0.1, -0.05) is 41.5 Å². The molecule has 0 saturated heterocycles. The van der Waals surface area contributed by atoms with E-state index in [1.807, 2.05) is 96.8 Å². The summed E-state index contributed by atoms with van der Waals surface area (Å²) in [5.74, 6) is 1.96. The zero-order chi connectivity index (χ0) is 56.2. The van der Waals surface area contributed by atoms with Crippen molar-refractivity contribution in [3.8, 4) is 50.9 Å². The van der Waals surface area contributed by atoms with Crippen molar-refractivity contribution < 1.29 is 37.8 Å². The summed E-state index contributed by atoms with van der Waals surface area (Å²) in [5, 5.41) is 2.22. The molecule has 0 saturated carbocycles. The van der Waals surface area contributed by atoms with Gasteiger partial charge in [-0.25, -0.2) is 0 Å². The molecule has 0 bridgehead atoms. The molecule has 0 aliphatic heterocycles. The normalized spacial score (nSPS) is 17.1. The molecule has 342 valence electrons. The molecule has 68 heavy (non-hydrogen) atoms. The van der Waals surface area contributed by atoms with Crippen molar-refractivity contribution >= 4 is 32.8 Å². The van der Waals surface area contributed by atoms with E-state index in [0.717, 1.165) is 38.7 Å². The second kappa shape index (κ2) is 15.8. The maximum absolute atomic E-state index is 9.33. The molecule has 0 atom stereocenters. The number of fused-ring (bicyclic) bond motifs is 5. The molecular weight excluding hydrogens is 1010 g/mol. The fraction of sp³-hybridized carbons (Fsp3) is 0.226. The summed E-state index contributed by atoms with van der Waals surface area (Å²) in [6.07, 6.45) is 1.85. The van der Waals surface area contributed by atoms with E-state index < -0.39 is 65.8 Å². The number of para-hydroxylation sites is 2. The van der Waals surface area contributed by atoms with Crippen molar-refractivity contribution in [3.63, 3.8) is 0 Å². The Labute approximate surface area is 425 Å². The Morgan fingerprint density at radius 3 is 1.78 bits per heavy atom. The molecule has 10 aromatic rings. The number of pyridine rings is 1. The summed E-state index contributed by atoms with van der Waals surface area (Å²) >= 11 is 2.21. The monoisotopic (exact) mass is 1080 g/mol. The van der Waals surface area contributed by atoms with Crippen molar-refractivity contribution in [1.82, 2.24) is 18.7 Å². The van der Waals surface area contributed by atoms with Gasteiger partial charge in [0.25, 0.3) is 0 Å². The number of rotatable bonds is 7. The summed E-state index contributed by atoms with van der Waals surface area (Å²) in [6.45, 7) is 22.1. The van der Waals surface area contributed by atoms with Crippen LogP contribution in [0.5, 0.6) is 11.5 Å². The first-order valence-electron chi connectivity index (χ1n) is 28.0. The molecule has 1 aliphatic rings. The molecule has 0 unspecified atom stereocenters. The molecule has 6 heteroatoms. The number of imidazole rings is 1. The standard InChI is InChI=1S/C62H58N4O.Pt/c1-40-30-31-63-57(32-40)66-55-36-46(28-29-47(55)50-37-51-52(38-56(50)66)61(7,8)62(9,10)60(51,5)6)67-45-25-19-24-44(35-45)64-39-65(54-27-18-17-26-53(54)64)58-48(41-20-13-11-14-21-41)33-43(59(2,3)4)34-49(58)42-22-15-12-16-23-42;/h11-38H,1-10H3;/i11D,12D,13D,14D,15D,16D,20D,21D,22D,23D;. The van der Waals surface area contributed by atoms with Crippen LogP contribution in [0.2, 0.25) is 0 Å². The molecule has 0 spiro atoms. The first-order valence-corrected chi connectivity index (χ1v) is 24.1. The first kappa shape index (κ1) is 33.8. The first-order chi connectivity index (χ1) is 36.6. The van der Waals surface area contributed by atoms with E-state index >= 15 is 0 Å². The van der Waals surface area contributed by atoms with Gasteiger partial charge in [-0.3, -0.25) is 0 Å². The predicted molar refractivity (Wildman–Crippen MR) is 279 cm³/mol. The van der Waals surface area contributed by atoms with Crippen LogP contribution in [0, 0.1) is 16.1 Å². The predicted octanol–water partition coefficient (Wildman–Crippen LogP) is 16.3. The molecule has 0 N–H and O–H groups in total. The second-order valence-electron chi connectivity index (χ2n) is 20.7. The summed E-state index contributed by atoms with van der Waals surface area (Å²) in [6, 6.07) is 29.0. The zero-order valence-corrected chi connectivity index (χ0v) is 42.2. The number of nitrogens with zero attached hydrogens (tertiary/aromatic N) is 4. The van der Waals surface area contributed by atoms with Gasteiger partial charge in [0.15, 0.2) is 0 Å². The molecule has 1 aliphatic carbocycles. The van der Waals surface area contributed by atoms with Crippen molar-refractivity contribution in [3.05, 3.63) is 196 Å². The van der Waals surface area contributed by atoms with E-state index in [2.05, 4.69) is 103 Å². The van der Waals surface area contributed by atoms with E-state index in [0.29, 0.717) is 32.1 Å². The fourth-order valence-electron chi connectivity index (χ4n) is 10.3. The van der Waals surface area contributed by atoms with E-state index in [1.165, 1.54) is 11.1 Å². The van der Waals surface area contributed by atoms with Crippen molar-refractivity contribution in [2.45, 2.75) is 85.5 Å². The topological polar surface area (TPSA) is 36.9 Å². The zero-order valence-electron chi connectivity index (χ0n) is 49.9. The van der Waals surface area contributed by atoms with Crippen LogP contribution in [0.1, 0.15) is 98.3 Å². The number of ether oxygens (including phenoxy) is 1. The quantitative estimate of drug-likeness (QED) is 0.159. The fourth-order valence-corrected chi connectivity index (χ4v) is 11.4. The third-order valence-electron chi connectivity index (χ3n) is 15.2. The minimum atomic E-state index is -0.625. The van der Waals surface area contributed by atoms with E-state index in [9.17, 15) is 5.48 Å². The number of aryl methyl sites for hydroxylation is 1. The van der Waals surface area contributed by atoms with Gasteiger partial charge < -0.3 is 0 Å². The third kappa shape index (κ3) is 6.75. The molecule has 3 heterocycles. The van der Waals surface area contributed by atoms with Gasteiger partial charge in [-0.05, 0) is 45.9 Å². The van der Waals surface area contributed by atoms with E-state index in [4.69, 9.17) is 17.9 Å². The van der Waals surface area contributed by atoms with Crippen LogP contribution < -0.4 is 4.74 Å². The van der Waals surface area contributed by atoms with Gasteiger partial charge in [0.05, 0.1) is 0 Å². The summed E-state index contributed by atoms with van der Waals surface area (Å²) in [5.41, 5.74) is 8.16. The van der Waals surface area contributed by atoms with Crippen LogP contribution >= 0.6 is 0 Å². The van der Waals surface area contributed by atoms with Gasteiger partial charge in [-0.2, -0.15) is 0 Å². The van der Waals surface area contributed by atoms with Crippen LogP contribution in [0.4, 0.5) is 0 Å². The summed E-state index contributed by atoms with van der Waals surface area (Å²) < 4.78 is 103. The van der Waals surface area contributed by atoms with Crippen LogP contribution in [0.15, 0.2) is 170 Å². The molecule has 11 rings (SSSR count). The molecule has 0 fully saturated rings. The SMILES string of the molecule is [2H]c1c([2H])c([2H])c(-c2cc(C(C)(C)C)cc(-c3c([2H])c([2H])c([2H])c([2H])c3[2H])c2-n2[c](=[Pt])n(-c3cccc(Oc4ccc5c6cc7c(cc6n(-c6cc(C)ccn6)c5c4)C(C)(C)C(C)(C)C7(C)C)c3)c3ccccc32)c([2H])c1[2H]. The Balaban J connectivity index is 1.13. The minimum absolute atomic E-state index is 0.0178. The van der Waals surface area contributed by atoms with Crippen LogP contribution in [-0.4, -0.2) is 18.7 Å². The van der Waals surface area contributed by atoms with Crippen LogP contribution in [0.25, 0.3) is 72.3 Å². The third-order valence-corrected chi connectivity index (χ3v) is 16.2. The van der Waals surface area contributed by atoms with Gasteiger partial charge in [0.1, 0.15) is 0 Å². The van der Waals surface area contributed by atoms with Gasteiger partial charge in [-0.15, -0.1) is 0 Å². The molecule has 0 amide bonds. The number of benzene rings is 7. The average Bonchev–Trinajstić information content (AvgIpc) is 3.73. The van der Waals surface area contributed by atoms with Crippen LogP contribution in [-0.2, 0) is 35.6 Å². The number of hydrogen-bond acceptors (Lipinski definition) is 2. The number of hydrogen-bond donors (Lipinski definition) is 0. The van der Waals surface area contributed by atoms with Crippen molar-refractivity contribution in [1.29, 1.82) is 0 Å². The average molecular weight is 1080 g/mol. The number of aromatic nitrogens is 4. The van der Waals surface area contributed by atoms with Crippen molar-refractivity contribution in [2.24, 2.45) is 5.41 Å². The Morgan fingerprint density at radius 2 is 1.16 bits per heavy atom. The second-order valence-corrected chi connectivity index (χ2v) is 21.7. The molecule has 3 aromatic heterocycles.